The maximum atomic E-state index is 11.8. The molecule has 0 bridgehead atoms. The Morgan fingerprint density at radius 2 is 2.32 bits per heavy atom. The molecule has 0 aliphatic heterocycles. The van der Waals surface area contributed by atoms with Crippen LogP contribution in [-0.4, -0.2) is 20.9 Å². The quantitative estimate of drug-likeness (QED) is 0.862. The summed E-state index contributed by atoms with van der Waals surface area (Å²) in [7, 11) is 0. The Morgan fingerprint density at radius 1 is 1.42 bits per heavy atom. The predicted octanol–water partition coefficient (Wildman–Crippen LogP) is 2.65. The molecule has 2 aromatic heterocycles. The Morgan fingerprint density at radius 3 is 3.05 bits per heavy atom. The lowest BCUT2D eigenvalue weighted by molar-refractivity contribution is -0.122. The van der Waals surface area contributed by atoms with Gasteiger partial charge in [0.1, 0.15) is 10.8 Å². The molecular formula is C13H15N3O2S. The van der Waals surface area contributed by atoms with Crippen molar-refractivity contribution in [1.29, 1.82) is 0 Å². The van der Waals surface area contributed by atoms with E-state index in [2.05, 4.69) is 15.1 Å². The second-order valence-electron chi connectivity index (χ2n) is 4.87. The first kappa shape index (κ1) is 12.5. The summed E-state index contributed by atoms with van der Waals surface area (Å²) in [5.74, 6) is 1.13. The van der Waals surface area contributed by atoms with Crippen molar-refractivity contribution in [2.45, 2.75) is 44.9 Å². The van der Waals surface area contributed by atoms with Gasteiger partial charge in [0, 0.05) is 17.5 Å². The molecule has 1 aliphatic rings. The summed E-state index contributed by atoms with van der Waals surface area (Å²) in [5.41, 5.74) is 1.01. The number of aromatic nitrogens is 3. The van der Waals surface area contributed by atoms with Gasteiger partial charge in [-0.1, -0.05) is 11.6 Å². The molecule has 1 aliphatic carbocycles. The highest BCUT2D eigenvalue weighted by Crippen LogP contribution is 2.29. The summed E-state index contributed by atoms with van der Waals surface area (Å²) in [6.45, 7) is 1.96. The highest BCUT2D eigenvalue weighted by atomic mass is 32.1. The van der Waals surface area contributed by atoms with Gasteiger partial charge in [0.25, 0.3) is 0 Å². The SMILES string of the molecule is Cc1csc(Cc2noc(C3CCCCC3=O)n2)n1. The van der Waals surface area contributed by atoms with Crippen LogP contribution in [0.3, 0.4) is 0 Å². The van der Waals surface area contributed by atoms with Gasteiger partial charge in [-0.25, -0.2) is 4.98 Å². The summed E-state index contributed by atoms with van der Waals surface area (Å²) in [6, 6.07) is 0. The molecule has 2 aromatic rings. The first-order chi connectivity index (χ1) is 9.22. The summed E-state index contributed by atoms with van der Waals surface area (Å²) in [5, 5.41) is 6.93. The van der Waals surface area contributed by atoms with Crippen LogP contribution in [-0.2, 0) is 11.2 Å². The Bertz CT molecular complexity index is 590. The number of hydrogen-bond acceptors (Lipinski definition) is 6. The molecule has 1 unspecified atom stereocenters. The van der Waals surface area contributed by atoms with Crippen molar-refractivity contribution in [2.24, 2.45) is 0 Å². The number of hydrogen-bond donors (Lipinski definition) is 0. The molecule has 1 fully saturated rings. The zero-order valence-corrected chi connectivity index (χ0v) is 11.6. The molecule has 0 spiro atoms. The minimum absolute atomic E-state index is 0.187. The Kier molecular flexibility index (Phi) is 3.42. The van der Waals surface area contributed by atoms with Crippen LogP contribution in [0, 0.1) is 6.92 Å². The van der Waals surface area contributed by atoms with Gasteiger partial charge >= 0.3 is 0 Å². The predicted molar refractivity (Wildman–Crippen MR) is 70.2 cm³/mol. The van der Waals surface area contributed by atoms with Crippen LogP contribution in [0.25, 0.3) is 0 Å². The largest absolute Gasteiger partial charge is 0.339 e. The lowest BCUT2D eigenvalue weighted by Gasteiger charge is -2.16. The van der Waals surface area contributed by atoms with Gasteiger partial charge in [-0.05, 0) is 19.8 Å². The lowest BCUT2D eigenvalue weighted by atomic mass is 9.88. The molecule has 5 nitrogen and oxygen atoms in total. The van der Waals surface area contributed by atoms with E-state index in [0.717, 1.165) is 30.0 Å². The molecule has 0 amide bonds. The Labute approximate surface area is 115 Å². The van der Waals surface area contributed by atoms with Crippen molar-refractivity contribution in [1.82, 2.24) is 15.1 Å². The smallest absolute Gasteiger partial charge is 0.237 e. The van der Waals surface area contributed by atoms with Gasteiger partial charge in [0.15, 0.2) is 5.82 Å². The van der Waals surface area contributed by atoms with Crippen molar-refractivity contribution in [3.05, 3.63) is 27.8 Å². The first-order valence-corrected chi connectivity index (χ1v) is 7.36. The minimum atomic E-state index is -0.187. The Balaban J connectivity index is 1.73. The highest BCUT2D eigenvalue weighted by molar-refractivity contribution is 7.09. The number of thiazole rings is 1. The van der Waals surface area contributed by atoms with E-state index in [9.17, 15) is 4.79 Å². The third kappa shape index (κ3) is 2.73. The zero-order chi connectivity index (χ0) is 13.2. The van der Waals surface area contributed by atoms with E-state index in [1.54, 1.807) is 11.3 Å². The fourth-order valence-corrected chi connectivity index (χ4v) is 3.11. The molecule has 6 heteroatoms. The van der Waals surface area contributed by atoms with Gasteiger partial charge in [0.05, 0.1) is 12.3 Å². The van der Waals surface area contributed by atoms with Gasteiger partial charge in [-0.3, -0.25) is 4.79 Å². The van der Waals surface area contributed by atoms with Crippen LogP contribution in [0.5, 0.6) is 0 Å². The maximum Gasteiger partial charge on any atom is 0.237 e. The number of nitrogens with zero attached hydrogens (tertiary/aromatic N) is 3. The molecular weight excluding hydrogens is 262 g/mol. The molecule has 0 N–H and O–H groups in total. The number of ketones is 1. The normalized spacial score (nSPS) is 19.8. The van der Waals surface area contributed by atoms with E-state index in [-0.39, 0.29) is 11.7 Å². The van der Waals surface area contributed by atoms with Gasteiger partial charge < -0.3 is 4.52 Å². The van der Waals surface area contributed by atoms with Crippen LogP contribution in [0.15, 0.2) is 9.90 Å². The molecule has 3 rings (SSSR count). The van der Waals surface area contributed by atoms with E-state index in [0.29, 0.717) is 24.6 Å². The van der Waals surface area contributed by atoms with Gasteiger partial charge in [-0.2, -0.15) is 4.98 Å². The highest BCUT2D eigenvalue weighted by Gasteiger charge is 2.28. The van der Waals surface area contributed by atoms with Crippen molar-refractivity contribution < 1.29 is 9.32 Å². The third-order valence-corrected chi connectivity index (χ3v) is 4.28. The monoisotopic (exact) mass is 277 g/mol. The van der Waals surface area contributed by atoms with Crippen LogP contribution in [0.4, 0.5) is 0 Å². The molecule has 100 valence electrons. The molecule has 0 aromatic carbocycles. The molecule has 1 saturated carbocycles. The van der Waals surface area contributed by atoms with Crippen LogP contribution < -0.4 is 0 Å². The van der Waals surface area contributed by atoms with Gasteiger partial charge in [0.2, 0.25) is 5.89 Å². The fraction of sp³-hybridized carbons (Fsp3) is 0.538. The van der Waals surface area contributed by atoms with Crippen LogP contribution in [0.2, 0.25) is 0 Å². The summed E-state index contributed by atoms with van der Waals surface area (Å²) >= 11 is 1.59. The first-order valence-electron chi connectivity index (χ1n) is 6.48. The number of carbonyl (C=O) groups excluding carboxylic acids is 1. The van der Waals surface area contributed by atoms with Crippen molar-refractivity contribution >= 4 is 17.1 Å². The molecule has 19 heavy (non-hydrogen) atoms. The van der Waals surface area contributed by atoms with E-state index in [1.807, 2.05) is 12.3 Å². The summed E-state index contributed by atoms with van der Waals surface area (Å²) in [6.07, 6.45) is 4.07. The van der Waals surface area contributed by atoms with E-state index in [4.69, 9.17) is 4.52 Å². The van der Waals surface area contributed by atoms with E-state index >= 15 is 0 Å². The fourth-order valence-electron chi connectivity index (χ4n) is 2.34. The molecule has 0 radical (unpaired) electrons. The number of Topliss-reactive ketones (excluding diaryl/α,β-unsaturated/α-hetero) is 1. The van der Waals surface area contributed by atoms with Crippen molar-refractivity contribution in [2.75, 3.05) is 0 Å². The third-order valence-electron chi connectivity index (χ3n) is 3.31. The topological polar surface area (TPSA) is 68.9 Å². The second-order valence-corrected chi connectivity index (χ2v) is 5.82. The van der Waals surface area contributed by atoms with Gasteiger partial charge in [-0.15, -0.1) is 11.3 Å². The van der Waals surface area contributed by atoms with E-state index in [1.165, 1.54) is 0 Å². The zero-order valence-electron chi connectivity index (χ0n) is 10.8. The van der Waals surface area contributed by atoms with Crippen LogP contribution in [0.1, 0.15) is 54.0 Å². The molecule has 0 saturated heterocycles. The Hall–Kier alpha value is -1.56. The molecule has 1 atom stereocenters. The van der Waals surface area contributed by atoms with Crippen LogP contribution >= 0.6 is 11.3 Å². The second kappa shape index (κ2) is 5.21. The van der Waals surface area contributed by atoms with Crippen molar-refractivity contribution in [3.63, 3.8) is 0 Å². The number of rotatable bonds is 3. The average Bonchev–Trinajstić information content (AvgIpc) is 3.00. The molecule has 2 heterocycles. The standard InChI is InChI=1S/C13H15N3O2S/c1-8-7-19-12(14-8)6-11-15-13(18-16-11)9-4-2-3-5-10(9)17/h7,9H,2-6H2,1H3. The number of aryl methyl sites for hydroxylation is 1. The maximum absolute atomic E-state index is 11.8. The lowest BCUT2D eigenvalue weighted by Crippen LogP contribution is -2.17. The average molecular weight is 277 g/mol. The van der Waals surface area contributed by atoms with E-state index < -0.39 is 0 Å². The summed E-state index contributed by atoms with van der Waals surface area (Å²) in [4.78, 5) is 20.6. The minimum Gasteiger partial charge on any atom is -0.339 e. The van der Waals surface area contributed by atoms with Crippen molar-refractivity contribution in [3.8, 4) is 0 Å². The summed E-state index contributed by atoms with van der Waals surface area (Å²) < 4.78 is 5.25. The number of carbonyl (C=O) groups is 1.